The second-order valence-corrected chi connectivity index (χ2v) is 1.96. The minimum atomic E-state index is 0. The van der Waals surface area contributed by atoms with Gasteiger partial charge in [0.25, 0.3) is 0 Å². The van der Waals surface area contributed by atoms with Gasteiger partial charge in [0.2, 0.25) is 0 Å². The highest BCUT2D eigenvalue weighted by molar-refractivity contribution is 5.85. The van der Waals surface area contributed by atoms with E-state index >= 15 is 0 Å². The minimum Gasteiger partial charge on any atom is -0.471 e. The summed E-state index contributed by atoms with van der Waals surface area (Å²) < 4.78 is 4.89. The van der Waals surface area contributed by atoms with Crippen LogP contribution in [0, 0.1) is 0 Å². The molecule has 0 spiro atoms. The van der Waals surface area contributed by atoms with E-state index in [4.69, 9.17) is 4.74 Å². The molecule has 1 fully saturated rings. The highest BCUT2D eigenvalue weighted by Crippen LogP contribution is 2.04. The zero-order chi connectivity index (χ0) is 6.53. The van der Waals surface area contributed by atoms with Crippen LogP contribution in [0.2, 0.25) is 0 Å². The van der Waals surface area contributed by atoms with Gasteiger partial charge < -0.3 is 4.74 Å². The molecule has 1 atom stereocenters. The van der Waals surface area contributed by atoms with Gasteiger partial charge in [-0.05, 0) is 19.4 Å². The first-order valence-electron chi connectivity index (χ1n) is 3.01. The quantitative estimate of drug-likeness (QED) is 0.476. The number of hydrogen-bond acceptors (Lipinski definition) is 3. The van der Waals surface area contributed by atoms with E-state index in [0.717, 1.165) is 25.6 Å². The van der Waals surface area contributed by atoms with Gasteiger partial charge in [0.05, 0.1) is 0 Å². The average molecular weight is 164 g/mol. The van der Waals surface area contributed by atoms with E-state index in [1.54, 1.807) is 5.94 Å². The molecule has 0 amide bonds. The number of nitrogens with one attached hydrogen (secondary N) is 1. The van der Waals surface area contributed by atoms with Gasteiger partial charge in [-0.15, -0.1) is 12.4 Å². The Morgan fingerprint density at radius 3 is 3.00 bits per heavy atom. The molecule has 0 radical (unpaired) electrons. The molecule has 1 heterocycles. The lowest BCUT2D eigenvalue weighted by Gasteiger charge is -2.06. The summed E-state index contributed by atoms with van der Waals surface area (Å²) in [6, 6.07) is 0. The Hall–Kier alpha value is -0.500. The van der Waals surface area contributed by atoms with E-state index in [9.17, 15) is 4.79 Å². The number of carbonyl (C=O) groups excluding carboxylic acids is 1. The van der Waals surface area contributed by atoms with Crippen LogP contribution in [0.1, 0.15) is 12.8 Å². The Bertz CT molecular complexity index is 128. The summed E-state index contributed by atoms with van der Waals surface area (Å²) in [6.45, 7) is 0.983. The molecular weight excluding hydrogens is 154 g/mol. The molecule has 58 valence electrons. The SMILES string of the molecule is Cl.O=C=COC1CCCN1. The molecule has 1 aliphatic rings. The summed E-state index contributed by atoms with van der Waals surface area (Å²) in [5.41, 5.74) is 0. The number of halogens is 1. The monoisotopic (exact) mass is 163 g/mol. The molecule has 0 saturated carbocycles. The normalized spacial score (nSPS) is 22.6. The van der Waals surface area contributed by atoms with Crippen LogP contribution in [0.4, 0.5) is 0 Å². The third-order valence-corrected chi connectivity index (χ3v) is 1.30. The Labute approximate surface area is 65.8 Å². The van der Waals surface area contributed by atoms with Crippen LogP contribution >= 0.6 is 12.4 Å². The molecule has 1 N–H and O–H groups in total. The van der Waals surface area contributed by atoms with Gasteiger partial charge in [-0.1, -0.05) is 0 Å². The van der Waals surface area contributed by atoms with E-state index in [1.807, 2.05) is 0 Å². The molecule has 0 aromatic carbocycles. The van der Waals surface area contributed by atoms with Gasteiger partial charge in [0, 0.05) is 0 Å². The van der Waals surface area contributed by atoms with Crippen molar-refractivity contribution in [1.82, 2.24) is 5.32 Å². The molecule has 0 aromatic rings. The van der Waals surface area contributed by atoms with Crippen molar-refractivity contribution >= 4 is 18.3 Å². The molecule has 3 nitrogen and oxygen atoms in total. The molecule has 1 saturated heterocycles. The Morgan fingerprint density at radius 2 is 2.50 bits per heavy atom. The number of rotatable bonds is 2. The van der Waals surface area contributed by atoms with Crippen molar-refractivity contribution in [2.24, 2.45) is 0 Å². The van der Waals surface area contributed by atoms with Gasteiger partial charge in [-0.3, -0.25) is 5.32 Å². The maximum absolute atomic E-state index is 9.63. The predicted molar refractivity (Wildman–Crippen MR) is 39.6 cm³/mol. The minimum absolute atomic E-state index is 0. The molecule has 1 rings (SSSR count). The second-order valence-electron chi connectivity index (χ2n) is 1.96. The van der Waals surface area contributed by atoms with Crippen molar-refractivity contribution in [2.45, 2.75) is 19.1 Å². The van der Waals surface area contributed by atoms with Crippen molar-refractivity contribution in [1.29, 1.82) is 0 Å². The molecular formula is C6H10ClNO2. The molecule has 1 aliphatic heterocycles. The molecule has 10 heavy (non-hydrogen) atoms. The lowest BCUT2D eigenvalue weighted by Crippen LogP contribution is -2.22. The Kier molecular flexibility index (Phi) is 5.03. The average Bonchev–Trinajstić information content (AvgIpc) is 2.34. The smallest absolute Gasteiger partial charge is 0.169 e. The maximum Gasteiger partial charge on any atom is 0.169 e. The van der Waals surface area contributed by atoms with Crippen LogP contribution < -0.4 is 5.32 Å². The van der Waals surface area contributed by atoms with E-state index in [-0.39, 0.29) is 18.6 Å². The predicted octanol–water partition coefficient (Wildman–Crippen LogP) is 0.480. The lowest BCUT2D eigenvalue weighted by molar-refractivity contribution is 0.133. The second kappa shape index (κ2) is 5.30. The fourth-order valence-corrected chi connectivity index (χ4v) is 0.879. The number of ether oxygens (including phenoxy) is 1. The largest absolute Gasteiger partial charge is 0.471 e. The fraction of sp³-hybridized carbons (Fsp3) is 0.667. The van der Waals surface area contributed by atoms with Crippen LogP contribution in [-0.4, -0.2) is 18.7 Å². The van der Waals surface area contributed by atoms with Crippen molar-refractivity contribution in [3.63, 3.8) is 0 Å². The van der Waals surface area contributed by atoms with Crippen LogP contribution in [0.5, 0.6) is 0 Å². The van der Waals surface area contributed by atoms with E-state index in [1.165, 1.54) is 0 Å². The van der Waals surface area contributed by atoms with Gasteiger partial charge in [-0.2, -0.15) is 0 Å². The van der Waals surface area contributed by atoms with Gasteiger partial charge in [0.15, 0.2) is 12.2 Å². The molecule has 4 heteroatoms. The highest BCUT2D eigenvalue weighted by Gasteiger charge is 2.12. The van der Waals surface area contributed by atoms with Crippen molar-refractivity contribution in [2.75, 3.05) is 6.54 Å². The summed E-state index contributed by atoms with van der Waals surface area (Å²) >= 11 is 0. The first kappa shape index (κ1) is 9.50. The number of hydrogen-bond donors (Lipinski definition) is 1. The van der Waals surface area contributed by atoms with Crippen molar-refractivity contribution in [3.8, 4) is 0 Å². The zero-order valence-corrected chi connectivity index (χ0v) is 6.32. The highest BCUT2D eigenvalue weighted by atomic mass is 35.5. The maximum atomic E-state index is 9.63. The van der Waals surface area contributed by atoms with Crippen molar-refractivity contribution in [3.05, 3.63) is 6.26 Å². The fourth-order valence-electron chi connectivity index (χ4n) is 0.879. The molecule has 0 bridgehead atoms. The third kappa shape index (κ3) is 2.87. The Morgan fingerprint density at radius 1 is 1.70 bits per heavy atom. The summed E-state index contributed by atoms with van der Waals surface area (Å²) in [7, 11) is 0. The summed E-state index contributed by atoms with van der Waals surface area (Å²) in [5.74, 6) is 1.56. The molecule has 0 aliphatic carbocycles. The summed E-state index contributed by atoms with van der Waals surface area (Å²) in [4.78, 5) is 9.63. The first-order chi connectivity index (χ1) is 4.43. The van der Waals surface area contributed by atoms with E-state index in [2.05, 4.69) is 5.32 Å². The van der Waals surface area contributed by atoms with Gasteiger partial charge in [-0.25, -0.2) is 4.79 Å². The van der Waals surface area contributed by atoms with E-state index in [0.29, 0.717) is 0 Å². The zero-order valence-electron chi connectivity index (χ0n) is 5.50. The summed E-state index contributed by atoms with van der Waals surface area (Å²) in [5, 5.41) is 3.06. The van der Waals surface area contributed by atoms with Crippen molar-refractivity contribution < 1.29 is 9.53 Å². The lowest BCUT2D eigenvalue weighted by atomic mass is 10.4. The topological polar surface area (TPSA) is 38.3 Å². The van der Waals surface area contributed by atoms with Crippen LogP contribution in [0.15, 0.2) is 6.26 Å². The van der Waals surface area contributed by atoms with Crippen LogP contribution in [-0.2, 0) is 9.53 Å². The standard InChI is InChI=1S/C6H9NO2.ClH/c8-4-5-9-6-2-1-3-7-6;/h5-7H,1-3H2;1H. The van der Waals surface area contributed by atoms with Crippen LogP contribution in [0.25, 0.3) is 0 Å². The molecule has 0 aromatic heterocycles. The van der Waals surface area contributed by atoms with Crippen LogP contribution in [0.3, 0.4) is 0 Å². The first-order valence-corrected chi connectivity index (χ1v) is 3.01. The molecule has 1 unspecified atom stereocenters. The summed E-state index contributed by atoms with van der Waals surface area (Å²) in [6.07, 6.45) is 3.21. The van der Waals surface area contributed by atoms with Gasteiger partial charge >= 0.3 is 0 Å². The van der Waals surface area contributed by atoms with Gasteiger partial charge in [0.1, 0.15) is 6.23 Å². The van der Waals surface area contributed by atoms with E-state index < -0.39 is 0 Å². The Balaban J connectivity index is 0.000000810. The third-order valence-electron chi connectivity index (χ3n) is 1.30.